The quantitative estimate of drug-likeness (QED) is 0.0451. The van der Waals surface area contributed by atoms with Crippen LogP contribution in [-0.4, -0.2) is 280 Å². The Morgan fingerprint density at radius 3 is 0.618 bits per heavy atom. The van der Waals surface area contributed by atoms with Crippen LogP contribution in [0.5, 0.6) is 0 Å². The topological polar surface area (TPSA) is 530 Å². The minimum atomic E-state index is -1.79. The molecule has 0 heterocycles. The van der Waals surface area contributed by atoms with Gasteiger partial charge in [0.1, 0.15) is 104 Å². The number of carbonyl (C=O) groups is 5. The summed E-state index contributed by atoms with van der Waals surface area (Å²) in [5.41, 5.74) is 0. The maximum absolute atomic E-state index is 9.90. The number of aliphatic hydroxyl groups excluding tert-OH is 22. The molecule has 18 unspecified atom stereocenters. The fourth-order valence-corrected chi connectivity index (χ4v) is 2.64. The van der Waals surface area contributed by atoms with Gasteiger partial charge in [0.05, 0.1) is 32.5 Å². The predicted octanol–water partition coefficient (Wildman–Crippen LogP) is -14.6. The molecule has 0 bridgehead atoms. The van der Waals surface area contributed by atoms with Crippen molar-refractivity contribution in [1.29, 1.82) is 0 Å². The molecule has 0 aromatic rings. The van der Waals surface area contributed by atoms with E-state index in [1.807, 2.05) is 0 Å². The lowest BCUT2D eigenvalue weighted by atomic mass is 10.0. The zero-order valence-electron chi connectivity index (χ0n) is 29.0. The van der Waals surface area contributed by atoms with Crippen LogP contribution in [0.2, 0.25) is 0 Å². The van der Waals surface area contributed by atoms with E-state index in [1.165, 1.54) is 6.92 Å². The van der Waals surface area contributed by atoms with E-state index in [9.17, 15) is 24.0 Å². The molecule has 18 atom stereocenters. The largest absolute Gasteiger partial charge is 0.394 e. The highest BCUT2D eigenvalue weighted by Crippen LogP contribution is 2.05. The van der Waals surface area contributed by atoms with Crippen LogP contribution in [-0.2, 0) is 24.0 Å². The summed E-state index contributed by atoms with van der Waals surface area (Å²) >= 11 is 0. The second kappa shape index (κ2) is 35.9. The Balaban J connectivity index is -0.000000190. The first-order valence-electron chi connectivity index (χ1n) is 15.3. The molecule has 0 spiro atoms. The summed E-state index contributed by atoms with van der Waals surface area (Å²) in [4.78, 5) is 49.2. The van der Waals surface area contributed by atoms with Gasteiger partial charge in [-0.1, -0.05) is 0 Å². The average Bonchev–Trinajstić information content (AvgIpc) is 3.21. The molecule has 0 rings (SSSR count). The Kier molecular flexibility index (Phi) is 40.2. The Morgan fingerprint density at radius 2 is 0.455 bits per heavy atom. The van der Waals surface area contributed by atoms with Gasteiger partial charge in [-0.3, -0.25) is 0 Å². The lowest BCUT2D eigenvalue weighted by Crippen LogP contribution is -2.46. The van der Waals surface area contributed by atoms with E-state index in [0.717, 1.165) is 0 Å². The molecule has 0 aromatic carbocycles. The van der Waals surface area contributed by atoms with Crippen LogP contribution in [0.1, 0.15) is 6.92 Å². The van der Waals surface area contributed by atoms with Gasteiger partial charge in [0.15, 0.2) is 31.4 Å². The van der Waals surface area contributed by atoms with Crippen molar-refractivity contribution in [2.75, 3.05) is 26.4 Å². The Morgan fingerprint density at radius 1 is 0.291 bits per heavy atom. The molecule has 0 aliphatic heterocycles. The molecule has 0 saturated carbocycles. The maximum atomic E-state index is 9.90. The first-order chi connectivity index (χ1) is 25.3. The molecule has 0 aliphatic carbocycles. The fraction of sp³-hybridized carbons (Fsp3) is 0.821. The highest BCUT2D eigenvalue weighted by molar-refractivity contribution is 5.58. The molecular formula is C28H56O27. The third kappa shape index (κ3) is 27.7. The van der Waals surface area contributed by atoms with E-state index in [4.69, 9.17) is 112 Å². The standard InChI is InChI=1S/2C6H12O6.C6H12O5.2C5H10O5/c2*7-1-3(9)5(11)6(12)4(10)2-8;1-3(8)5(10)6(11)4(9)2-7;2*6-1-3(8)5(10)4(9)2-7/h2*1,3-6,8-12H,2H2;2-6,8-11H,1H3;2*1,3-5,7-10H,2H2. The maximum Gasteiger partial charge on any atom is 0.151 e. The highest BCUT2D eigenvalue weighted by atomic mass is 16.4. The number of hydrogen-bond donors (Lipinski definition) is 22. The van der Waals surface area contributed by atoms with Crippen molar-refractivity contribution < 1.29 is 136 Å². The fourth-order valence-electron chi connectivity index (χ4n) is 2.64. The van der Waals surface area contributed by atoms with Crippen molar-refractivity contribution >= 4 is 31.4 Å². The van der Waals surface area contributed by atoms with Gasteiger partial charge in [-0.2, -0.15) is 0 Å². The summed E-state index contributed by atoms with van der Waals surface area (Å²) in [7, 11) is 0. The molecule has 0 fully saturated rings. The summed E-state index contributed by atoms with van der Waals surface area (Å²) < 4.78 is 0. The smallest absolute Gasteiger partial charge is 0.151 e. The molecule has 27 nitrogen and oxygen atoms in total. The molecule has 22 N–H and O–H groups in total. The average molecular weight is 825 g/mol. The van der Waals surface area contributed by atoms with Crippen LogP contribution in [0.25, 0.3) is 0 Å². The lowest BCUT2D eigenvalue weighted by molar-refractivity contribution is -0.136. The zero-order valence-corrected chi connectivity index (χ0v) is 29.0. The molecule has 330 valence electrons. The van der Waals surface area contributed by atoms with Gasteiger partial charge >= 0.3 is 0 Å². The normalized spacial score (nSPS) is 20.7. The molecule has 27 heteroatoms. The molecule has 0 radical (unpaired) electrons. The van der Waals surface area contributed by atoms with Crippen LogP contribution >= 0.6 is 0 Å². The minimum Gasteiger partial charge on any atom is -0.394 e. The summed E-state index contributed by atoms with van der Waals surface area (Å²) in [6.07, 6.45) is -28.8. The number of aliphatic hydroxyl groups is 22. The summed E-state index contributed by atoms with van der Waals surface area (Å²) in [5, 5.41) is 190. The molecule has 0 aromatic heterocycles. The minimum absolute atomic E-state index is 0.0258. The Hall–Kier alpha value is -2.53. The van der Waals surface area contributed by atoms with Crippen LogP contribution in [0.3, 0.4) is 0 Å². The van der Waals surface area contributed by atoms with Gasteiger partial charge in [-0.05, 0) is 6.92 Å². The van der Waals surface area contributed by atoms with Crippen LogP contribution < -0.4 is 0 Å². The van der Waals surface area contributed by atoms with Crippen LogP contribution in [0, 0.1) is 0 Å². The zero-order chi connectivity index (χ0) is 44.8. The number of hydrogen-bond acceptors (Lipinski definition) is 27. The van der Waals surface area contributed by atoms with Crippen LogP contribution in [0.15, 0.2) is 0 Å². The number of rotatable bonds is 22. The molecule has 0 aliphatic rings. The first kappa shape index (κ1) is 61.7. The van der Waals surface area contributed by atoms with Gasteiger partial charge in [-0.15, -0.1) is 0 Å². The van der Waals surface area contributed by atoms with E-state index < -0.39 is 136 Å². The summed E-state index contributed by atoms with van der Waals surface area (Å²) in [5.74, 6) is 0. The van der Waals surface area contributed by atoms with E-state index in [2.05, 4.69) is 0 Å². The van der Waals surface area contributed by atoms with Gasteiger partial charge in [0.25, 0.3) is 0 Å². The van der Waals surface area contributed by atoms with Crippen molar-refractivity contribution in [2.45, 2.75) is 117 Å². The molecule has 0 amide bonds. The van der Waals surface area contributed by atoms with E-state index >= 15 is 0 Å². The first-order valence-corrected chi connectivity index (χ1v) is 15.3. The van der Waals surface area contributed by atoms with Crippen molar-refractivity contribution in [3.05, 3.63) is 0 Å². The highest BCUT2D eigenvalue weighted by Gasteiger charge is 2.31. The van der Waals surface area contributed by atoms with Crippen molar-refractivity contribution in [3.8, 4) is 0 Å². The molecular weight excluding hydrogens is 768 g/mol. The van der Waals surface area contributed by atoms with E-state index in [1.54, 1.807) is 0 Å². The third-order valence-corrected chi connectivity index (χ3v) is 6.32. The Labute approximate surface area is 311 Å². The summed E-state index contributed by atoms with van der Waals surface area (Å²) in [6, 6.07) is 0. The van der Waals surface area contributed by atoms with E-state index in [0.29, 0.717) is 0 Å². The van der Waals surface area contributed by atoms with Gasteiger partial charge in [0.2, 0.25) is 0 Å². The number of carbonyl (C=O) groups excluding carboxylic acids is 5. The monoisotopic (exact) mass is 824 g/mol. The second-order valence-corrected chi connectivity index (χ2v) is 10.8. The van der Waals surface area contributed by atoms with Crippen LogP contribution in [0.4, 0.5) is 0 Å². The van der Waals surface area contributed by atoms with Gasteiger partial charge in [0, 0.05) is 0 Å². The van der Waals surface area contributed by atoms with E-state index in [-0.39, 0.29) is 31.4 Å². The van der Waals surface area contributed by atoms with Crippen molar-refractivity contribution in [2.24, 2.45) is 0 Å². The van der Waals surface area contributed by atoms with Gasteiger partial charge in [-0.25, -0.2) is 0 Å². The third-order valence-electron chi connectivity index (χ3n) is 6.32. The Bertz CT molecular complexity index is 889. The van der Waals surface area contributed by atoms with Gasteiger partial charge < -0.3 is 136 Å². The summed E-state index contributed by atoms with van der Waals surface area (Å²) in [6.45, 7) is -1.66. The molecule has 55 heavy (non-hydrogen) atoms. The van der Waals surface area contributed by atoms with Crippen molar-refractivity contribution in [1.82, 2.24) is 0 Å². The molecule has 0 saturated heterocycles. The second-order valence-electron chi connectivity index (χ2n) is 10.8. The lowest BCUT2D eigenvalue weighted by Gasteiger charge is -2.22. The van der Waals surface area contributed by atoms with Crippen molar-refractivity contribution in [3.63, 3.8) is 0 Å². The number of aldehydes is 5. The predicted molar refractivity (Wildman–Crippen MR) is 172 cm³/mol. The SMILES string of the molecule is CC(O)C(O)C(O)C(O)C=O.O=CC(O)C(O)C(O)C(O)CO.O=CC(O)C(O)C(O)C(O)CO.O=CC(O)C(O)C(O)CO.O=CC(O)C(O)C(O)CO.